The van der Waals surface area contributed by atoms with E-state index >= 15 is 0 Å². The summed E-state index contributed by atoms with van der Waals surface area (Å²) >= 11 is 0. The molecule has 0 aromatic heterocycles. The standard InChI is InChI=1S/C29H34N2O4/c1-19-25(28(33)35-16-15-34-22-9-7-6-8-10-22)26(20-11-13-21(14-12-20)31(4)5)27-23(30-19)17-29(2,3)18-24(27)32/h6-14,26,30H,15-18H2,1-5H3/t26-/m1/s1. The average molecular weight is 475 g/mol. The van der Waals surface area contributed by atoms with Crippen molar-refractivity contribution in [3.8, 4) is 5.75 Å². The molecule has 2 aromatic carbocycles. The van der Waals surface area contributed by atoms with E-state index in [0.717, 1.165) is 34.8 Å². The van der Waals surface area contributed by atoms with Crippen LogP contribution in [0.1, 0.15) is 45.1 Å². The number of ether oxygens (including phenoxy) is 2. The number of carbonyl (C=O) groups is 2. The van der Waals surface area contributed by atoms with E-state index in [4.69, 9.17) is 9.47 Å². The Morgan fingerprint density at radius 2 is 1.71 bits per heavy atom. The van der Waals surface area contributed by atoms with Crippen molar-refractivity contribution in [1.82, 2.24) is 5.32 Å². The number of nitrogens with one attached hydrogen (secondary N) is 1. The van der Waals surface area contributed by atoms with Gasteiger partial charge in [-0.15, -0.1) is 0 Å². The van der Waals surface area contributed by atoms with Crippen molar-refractivity contribution < 1.29 is 19.1 Å². The van der Waals surface area contributed by atoms with E-state index in [1.807, 2.05) is 80.5 Å². The minimum atomic E-state index is -0.464. The van der Waals surface area contributed by atoms with Crippen LogP contribution in [0.5, 0.6) is 5.75 Å². The number of benzene rings is 2. The highest BCUT2D eigenvalue weighted by Crippen LogP contribution is 2.46. The topological polar surface area (TPSA) is 67.9 Å². The maximum atomic E-state index is 13.4. The quantitative estimate of drug-likeness (QED) is 0.451. The van der Waals surface area contributed by atoms with Crippen molar-refractivity contribution in [2.75, 3.05) is 32.2 Å². The maximum absolute atomic E-state index is 13.4. The lowest BCUT2D eigenvalue weighted by Crippen LogP contribution is -2.38. The van der Waals surface area contributed by atoms with Crippen LogP contribution in [0.2, 0.25) is 0 Å². The van der Waals surface area contributed by atoms with Crippen LogP contribution >= 0.6 is 0 Å². The molecule has 35 heavy (non-hydrogen) atoms. The van der Waals surface area contributed by atoms with E-state index in [0.29, 0.717) is 17.6 Å². The molecule has 0 fully saturated rings. The molecule has 0 spiro atoms. The molecule has 0 amide bonds. The molecular weight excluding hydrogens is 440 g/mol. The Kier molecular flexibility index (Phi) is 7.01. The van der Waals surface area contributed by atoms with Gasteiger partial charge in [-0.1, -0.05) is 44.2 Å². The molecule has 2 aromatic rings. The van der Waals surface area contributed by atoms with Crippen molar-refractivity contribution in [3.05, 3.63) is 82.7 Å². The van der Waals surface area contributed by atoms with E-state index in [-0.39, 0.29) is 24.4 Å². The lowest BCUT2D eigenvalue weighted by molar-refractivity contribution is -0.140. The minimum absolute atomic E-state index is 0.0793. The number of esters is 1. The fourth-order valence-corrected chi connectivity index (χ4v) is 4.89. The lowest BCUT2D eigenvalue weighted by atomic mass is 9.68. The highest BCUT2D eigenvalue weighted by Gasteiger charge is 2.43. The first-order valence-corrected chi connectivity index (χ1v) is 12.0. The Balaban J connectivity index is 1.61. The van der Waals surface area contributed by atoms with Gasteiger partial charge in [-0.25, -0.2) is 4.79 Å². The number of para-hydroxylation sites is 1. The number of hydrogen-bond acceptors (Lipinski definition) is 6. The number of rotatable bonds is 7. The summed E-state index contributed by atoms with van der Waals surface area (Å²) < 4.78 is 11.3. The third-order valence-electron chi connectivity index (χ3n) is 6.53. The summed E-state index contributed by atoms with van der Waals surface area (Å²) in [5.41, 5.74) is 4.63. The Hall–Kier alpha value is -3.54. The first-order valence-electron chi connectivity index (χ1n) is 12.0. The van der Waals surface area contributed by atoms with Gasteiger partial charge in [0.2, 0.25) is 0 Å². The van der Waals surface area contributed by atoms with Crippen LogP contribution in [-0.4, -0.2) is 39.1 Å². The summed E-state index contributed by atoms with van der Waals surface area (Å²) in [5.74, 6) is -0.0934. The van der Waals surface area contributed by atoms with Crippen molar-refractivity contribution in [1.29, 1.82) is 0 Å². The minimum Gasteiger partial charge on any atom is -0.490 e. The molecule has 1 atom stereocenters. The summed E-state index contributed by atoms with van der Waals surface area (Å²) in [6.07, 6.45) is 1.21. The van der Waals surface area contributed by atoms with Gasteiger partial charge in [-0.2, -0.15) is 0 Å². The molecule has 1 N–H and O–H groups in total. The number of hydrogen-bond donors (Lipinski definition) is 1. The Labute approximate surface area is 207 Å². The van der Waals surface area contributed by atoms with Crippen LogP contribution in [0.3, 0.4) is 0 Å². The van der Waals surface area contributed by atoms with Crippen molar-refractivity contribution in [2.45, 2.75) is 39.5 Å². The lowest BCUT2D eigenvalue weighted by Gasteiger charge is -2.39. The van der Waals surface area contributed by atoms with Gasteiger partial charge >= 0.3 is 5.97 Å². The third kappa shape index (κ3) is 5.42. The van der Waals surface area contributed by atoms with Gasteiger partial charge in [-0.05, 0) is 48.6 Å². The van der Waals surface area contributed by atoms with Gasteiger partial charge in [0.15, 0.2) is 5.78 Å². The second kappa shape index (κ2) is 9.98. The summed E-state index contributed by atoms with van der Waals surface area (Å²) in [5, 5.41) is 3.38. The summed E-state index contributed by atoms with van der Waals surface area (Å²) in [6, 6.07) is 17.5. The fourth-order valence-electron chi connectivity index (χ4n) is 4.89. The van der Waals surface area contributed by atoms with E-state index < -0.39 is 11.9 Å². The van der Waals surface area contributed by atoms with Gasteiger partial charge in [0, 0.05) is 49.1 Å². The van der Waals surface area contributed by atoms with Crippen LogP contribution in [0, 0.1) is 5.41 Å². The number of anilines is 1. The molecule has 6 nitrogen and oxygen atoms in total. The fraction of sp³-hybridized carbons (Fsp3) is 0.379. The van der Waals surface area contributed by atoms with Crippen LogP contribution in [-0.2, 0) is 14.3 Å². The monoisotopic (exact) mass is 474 g/mol. The molecule has 4 rings (SSSR count). The van der Waals surface area contributed by atoms with Crippen molar-refractivity contribution in [3.63, 3.8) is 0 Å². The number of Topliss-reactive ketones (excluding diaryl/α,β-unsaturated/α-hetero) is 1. The summed E-state index contributed by atoms with van der Waals surface area (Å²) in [4.78, 5) is 28.8. The third-order valence-corrected chi connectivity index (χ3v) is 6.53. The molecule has 184 valence electrons. The van der Waals surface area contributed by atoms with Crippen LogP contribution in [0.15, 0.2) is 77.1 Å². The number of dihydropyridines is 1. The molecule has 0 unspecified atom stereocenters. The zero-order valence-corrected chi connectivity index (χ0v) is 21.2. The molecular formula is C29H34N2O4. The normalized spacial score (nSPS) is 19.1. The Bertz CT molecular complexity index is 1160. The molecule has 6 heteroatoms. The van der Waals surface area contributed by atoms with Crippen LogP contribution in [0.25, 0.3) is 0 Å². The van der Waals surface area contributed by atoms with E-state index in [1.54, 1.807) is 0 Å². The smallest absolute Gasteiger partial charge is 0.336 e. The van der Waals surface area contributed by atoms with Crippen LogP contribution in [0.4, 0.5) is 5.69 Å². The van der Waals surface area contributed by atoms with Gasteiger partial charge in [0.05, 0.1) is 5.57 Å². The van der Waals surface area contributed by atoms with Crippen molar-refractivity contribution in [2.24, 2.45) is 5.41 Å². The van der Waals surface area contributed by atoms with Crippen molar-refractivity contribution >= 4 is 17.4 Å². The largest absolute Gasteiger partial charge is 0.490 e. The van der Waals surface area contributed by atoms with Gasteiger partial charge < -0.3 is 19.7 Å². The predicted octanol–water partition coefficient (Wildman–Crippen LogP) is 4.98. The average Bonchev–Trinajstić information content (AvgIpc) is 2.80. The molecule has 1 aliphatic heterocycles. The molecule has 0 saturated carbocycles. The Morgan fingerprint density at radius 3 is 2.37 bits per heavy atom. The molecule has 0 bridgehead atoms. The number of nitrogens with zero attached hydrogens (tertiary/aromatic N) is 1. The van der Waals surface area contributed by atoms with Gasteiger partial charge in [0.25, 0.3) is 0 Å². The highest BCUT2D eigenvalue weighted by atomic mass is 16.6. The molecule has 0 saturated heterocycles. The predicted molar refractivity (Wildman–Crippen MR) is 137 cm³/mol. The summed E-state index contributed by atoms with van der Waals surface area (Å²) in [7, 11) is 3.97. The van der Waals surface area contributed by atoms with E-state index in [9.17, 15) is 9.59 Å². The van der Waals surface area contributed by atoms with Gasteiger partial charge in [0.1, 0.15) is 19.0 Å². The van der Waals surface area contributed by atoms with E-state index in [1.165, 1.54) is 0 Å². The first-order chi connectivity index (χ1) is 16.7. The molecule has 0 radical (unpaired) electrons. The van der Waals surface area contributed by atoms with Crippen LogP contribution < -0.4 is 15.0 Å². The number of carbonyl (C=O) groups excluding carboxylic acids is 2. The van der Waals surface area contributed by atoms with E-state index in [2.05, 4.69) is 19.2 Å². The number of ketones is 1. The molecule has 2 aliphatic rings. The Morgan fingerprint density at radius 1 is 1.03 bits per heavy atom. The SMILES string of the molecule is CC1=C(C(=O)OCCOc2ccccc2)[C@@H](c2ccc(N(C)C)cc2)C2=C(CC(C)(C)CC2=O)N1. The zero-order chi connectivity index (χ0) is 25.2. The molecule has 1 heterocycles. The summed E-state index contributed by atoms with van der Waals surface area (Å²) in [6.45, 7) is 6.45. The zero-order valence-electron chi connectivity index (χ0n) is 21.2. The second-order valence-corrected chi connectivity index (χ2v) is 10.2. The van der Waals surface area contributed by atoms with Gasteiger partial charge in [-0.3, -0.25) is 4.79 Å². The highest BCUT2D eigenvalue weighted by molar-refractivity contribution is 6.04. The first kappa shape index (κ1) is 24.6. The second-order valence-electron chi connectivity index (χ2n) is 10.2. The maximum Gasteiger partial charge on any atom is 0.336 e. The molecule has 1 aliphatic carbocycles. The number of allylic oxidation sites excluding steroid dienone is 3.